The van der Waals surface area contributed by atoms with Crippen LogP contribution in [0.15, 0.2) is 47.4 Å². The number of aromatic carboxylic acids is 1. The number of rotatable bonds is 5. The standard InChI is InChI=1S/C21H21NO7S/c23-20(15-5-6-17-18(13-15)29-12-11-28-17)14-7-9-22(10-8-14)30(26,27)19-4-2-1-3-16(19)21(24)25/h1-6,13-14H,7-12H2,(H,24,25). The fourth-order valence-corrected chi connectivity index (χ4v) is 5.45. The zero-order valence-corrected chi connectivity index (χ0v) is 16.9. The molecule has 8 nitrogen and oxygen atoms in total. The summed E-state index contributed by atoms with van der Waals surface area (Å²) in [6.45, 7) is 1.20. The van der Waals surface area contributed by atoms with Crippen LogP contribution in [0.3, 0.4) is 0 Å². The van der Waals surface area contributed by atoms with Gasteiger partial charge in [-0.25, -0.2) is 13.2 Å². The summed E-state index contributed by atoms with van der Waals surface area (Å²) in [5, 5.41) is 9.31. The lowest BCUT2D eigenvalue weighted by atomic mass is 9.89. The van der Waals surface area contributed by atoms with Gasteiger partial charge in [0, 0.05) is 24.6 Å². The van der Waals surface area contributed by atoms with E-state index in [1.807, 2.05) is 0 Å². The number of ether oxygens (including phenoxy) is 2. The third kappa shape index (κ3) is 3.78. The minimum atomic E-state index is -3.96. The molecule has 0 bridgehead atoms. The molecule has 0 aliphatic carbocycles. The van der Waals surface area contributed by atoms with Gasteiger partial charge in [0.25, 0.3) is 0 Å². The first-order chi connectivity index (χ1) is 14.4. The SMILES string of the molecule is O=C(O)c1ccccc1S(=O)(=O)N1CCC(C(=O)c2ccc3c(c2)OCCO3)CC1. The minimum absolute atomic E-state index is 0.0602. The van der Waals surface area contributed by atoms with Gasteiger partial charge < -0.3 is 14.6 Å². The molecule has 2 aliphatic heterocycles. The smallest absolute Gasteiger partial charge is 0.337 e. The molecule has 158 valence electrons. The zero-order chi connectivity index (χ0) is 21.3. The fourth-order valence-electron chi connectivity index (χ4n) is 3.80. The highest BCUT2D eigenvalue weighted by molar-refractivity contribution is 7.89. The van der Waals surface area contributed by atoms with E-state index in [4.69, 9.17) is 9.47 Å². The lowest BCUT2D eigenvalue weighted by Crippen LogP contribution is -2.40. The molecule has 9 heteroatoms. The number of piperidine rings is 1. The van der Waals surface area contributed by atoms with Crippen molar-refractivity contribution in [3.05, 3.63) is 53.6 Å². The Morgan fingerprint density at radius 2 is 1.63 bits per heavy atom. The highest BCUT2D eigenvalue weighted by Crippen LogP contribution is 2.33. The summed E-state index contributed by atoms with van der Waals surface area (Å²) in [6, 6.07) is 10.6. The molecule has 2 aromatic rings. The monoisotopic (exact) mass is 431 g/mol. The van der Waals surface area contributed by atoms with Crippen molar-refractivity contribution in [2.24, 2.45) is 5.92 Å². The van der Waals surface area contributed by atoms with Gasteiger partial charge in [-0.05, 0) is 43.2 Å². The molecule has 2 aliphatic rings. The highest BCUT2D eigenvalue weighted by atomic mass is 32.2. The molecule has 0 radical (unpaired) electrons. The Labute approximate surface area is 174 Å². The summed E-state index contributed by atoms with van der Waals surface area (Å²) >= 11 is 0. The molecule has 2 aromatic carbocycles. The van der Waals surface area contributed by atoms with Gasteiger partial charge in [-0.15, -0.1) is 0 Å². The summed E-state index contributed by atoms with van der Waals surface area (Å²) in [4.78, 5) is 24.1. The van der Waals surface area contributed by atoms with Gasteiger partial charge in [0.1, 0.15) is 13.2 Å². The lowest BCUT2D eigenvalue weighted by Gasteiger charge is -2.31. The Kier molecular flexibility index (Phi) is 5.48. The zero-order valence-electron chi connectivity index (χ0n) is 16.1. The van der Waals surface area contributed by atoms with Crippen molar-refractivity contribution in [1.82, 2.24) is 4.31 Å². The van der Waals surface area contributed by atoms with E-state index in [-0.39, 0.29) is 35.2 Å². The van der Waals surface area contributed by atoms with Gasteiger partial charge in [-0.1, -0.05) is 12.1 Å². The second kappa shape index (κ2) is 8.08. The second-order valence-electron chi connectivity index (χ2n) is 7.20. The average molecular weight is 431 g/mol. The lowest BCUT2D eigenvalue weighted by molar-refractivity contribution is 0.0692. The molecule has 30 heavy (non-hydrogen) atoms. The first kappa shape index (κ1) is 20.4. The molecule has 1 saturated heterocycles. The molecule has 0 amide bonds. The fraction of sp³-hybridized carbons (Fsp3) is 0.333. The molecular formula is C21H21NO7S. The number of benzene rings is 2. The number of carboxylic acid groups (broad SMARTS) is 1. The first-order valence-electron chi connectivity index (χ1n) is 9.64. The van der Waals surface area contributed by atoms with Crippen LogP contribution >= 0.6 is 0 Å². The molecule has 4 rings (SSSR count). The van der Waals surface area contributed by atoms with Crippen molar-refractivity contribution >= 4 is 21.8 Å². The van der Waals surface area contributed by atoms with Crippen molar-refractivity contribution in [3.8, 4) is 11.5 Å². The van der Waals surface area contributed by atoms with E-state index in [0.717, 1.165) is 0 Å². The van der Waals surface area contributed by atoms with Gasteiger partial charge in [-0.2, -0.15) is 4.31 Å². The molecule has 0 saturated carbocycles. The number of hydrogen-bond acceptors (Lipinski definition) is 6. The van der Waals surface area contributed by atoms with Gasteiger partial charge in [-0.3, -0.25) is 4.79 Å². The number of fused-ring (bicyclic) bond motifs is 1. The second-order valence-corrected chi connectivity index (χ2v) is 9.11. The molecular weight excluding hydrogens is 410 g/mol. The van der Waals surface area contributed by atoms with Gasteiger partial charge in [0.05, 0.1) is 10.5 Å². The van der Waals surface area contributed by atoms with Crippen LogP contribution in [0, 0.1) is 5.92 Å². The largest absolute Gasteiger partial charge is 0.486 e. The Bertz CT molecular complexity index is 1090. The molecule has 0 spiro atoms. The van der Waals surface area contributed by atoms with Gasteiger partial charge in [0.15, 0.2) is 17.3 Å². The predicted molar refractivity (Wildman–Crippen MR) is 107 cm³/mol. The summed E-state index contributed by atoms with van der Waals surface area (Å²) in [7, 11) is -3.96. The van der Waals surface area contributed by atoms with Crippen LogP contribution in [0.5, 0.6) is 11.5 Å². The topological polar surface area (TPSA) is 110 Å². The van der Waals surface area contributed by atoms with Crippen molar-refractivity contribution in [2.75, 3.05) is 26.3 Å². The predicted octanol–water partition coefficient (Wildman–Crippen LogP) is 2.44. The summed E-state index contributed by atoms with van der Waals surface area (Å²) < 4.78 is 38.2. The van der Waals surface area contributed by atoms with Crippen molar-refractivity contribution < 1.29 is 32.6 Å². The minimum Gasteiger partial charge on any atom is -0.486 e. The van der Waals surface area contributed by atoms with E-state index in [1.165, 1.54) is 28.6 Å². The van der Waals surface area contributed by atoms with Crippen LogP contribution < -0.4 is 9.47 Å². The van der Waals surface area contributed by atoms with Crippen molar-refractivity contribution in [3.63, 3.8) is 0 Å². The van der Waals surface area contributed by atoms with Crippen LogP contribution in [-0.4, -0.2) is 55.9 Å². The maximum Gasteiger partial charge on any atom is 0.337 e. The molecule has 2 heterocycles. The third-order valence-electron chi connectivity index (χ3n) is 5.39. The average Bonchev–Trinajstić information content (AvgIpc) is 2.78. The van der Waals surface area contributed by atoms with Crippen LogP contribution in [0.1, 0.15) is 33.6 Å². The highest BCUT2D eigenvalue weighted by Gasteiger charge is 2.34. The van der Waals surface area contributed by atoms with E-state index < -0.39 is 16.0 Å². The molecule has 0 aromatic heterocycles. The number of hydrogen-bond donors (Lipinski definition) is 1. The van der Waals surface area contributed by atoms with Crippen LogP contribution in [0.2, 0.25) is 0 Å². The first-order valence-corrected chi connectivity index (χ1v) is 11.1. The number of carbonyl (C=O) groups excluding carboxylic acids is 1. The summed E-state index contributed by atoms with van der Waals surface area (Å²) in [6.07, 6.45) is 0.726. The van der Waals surface area contributed by atoms with Crippen LogP contribution in [0.25, 0.3) is 0 Å². The van der Waals surface area contributed by atoms with Crippen LogP contribution in [0.4, 0.5) is 0 Å². The Hall–Kier alpha value is -2.91. The summed E-state index contributed by atoms with van der Waals surface area (Å²) in [5.41, 5.74) is 0.253. The maximum atomic E-state index is 13.0. The number of carboxylic acids is 1. The Morgan fingerprint density at radius 1 is 0.967 bits per heavy atom. The third-order valence-corrected chi connectivity index (χ3v) is 7.34. The molecule has 0 unspecified atom stereocenters. The van der Waals surface area contributed by atoms with Crippen LogP contribution in [-0.2, 0) is 10.0 Å². The normalized spacial score (nSPS) is 17.5. The molecule has 1 N–H and O–H groups in total. The van der Waals surface area contributed by atoms with E-state index in [2.05, 4.69) is 0 Å². The van der Waals surface area contributed by atoms with E-state index in [9.17, 15) is 23.1 Å². The van der Waals surface area contributed by atoms with E-state index >= 15 is 0 Å². The Morgan fingerprint density at radius 3 is 2.33 bits per heavy atom. The van der Waals surface area contributed by atoms with Crippen molar-refractivity contribution in [2.45, 2.75) is 17.7 Å². The van der Waals surface area contributed by atoms with E-state index in [1.54, 1.807) is 18.2 Å². The number of Topliss-reactive ketones (excluding diaryl/α,β-unsaturated/α-hetero) is 1. The molecule has 0 atom stereocenters. The summed E-state index contributed by atoms with van der Waals surface area (Å²) in [5.74, 6) is -0.519. The van der Waals surface area contributed by atoms with Crippen molar-refractivity contribution in [1.29, 1.82) is 0 Å². The number of ketones is 1. The number of sulfonamides is 1. The number of carbonyl (C=O) groups is 2. The number of nitrogens with zero attached hydrogens (tertiary/aromatic N) is 1. The maximum absolute atomic E-state index is 13.0. The molecule has 1 fully saturated rings. The Balaban J connectivity index is 1.47. The van der Waals surface area contributed by atoms with Gasteiger partial charge in [0.2, 0.25) is 10.0 Å². The quantitative estimate of drug-likeness (QED) is 0.724. The van der Waals surface area contributed by atoms with Gasteiger partial charge >= 0.3 is 5.97 Å². The van der Waals surface area contributed by atoms with E-state index in [0.29, 0.717) is 43.1 Å².